The van der Waals surface area contributed by atoms with E-state index in [1.54, 1.807) is 12.4 Å². The number of likely N-dealkylation sites (N-methyl/N-ethyl adjacent to an activating group) is 1. The average Bonchev–Trinajstić information content (AvgIpc) is 3.18. The highest BCUT2D eigenvalue weighted by molar-refractivity contribution is 5.81. The molecule has 0 spiro atoms. The Kier molecular flexibility index (Phi) is 4.46. The second-order valence-electron chi connectivity index (χ2n) is 6.66. The lowest BCUT2D eigenvalue weighted by Gasteiger charge is -2.24. The molecule has 6 nitrogen and oxygen atoms in total. The highest BCUT2D eigenvalue weighted by atomic mass is 15.3. The van der Waals surface area contributed by atoms with E-state index in [1.165, 1.54) is 0 Å². The van der Waals surface area contributed by atoms with Crippen LogP contribution in [-0.2, 0) is 6.54 Å². The van der Waals surface area contributed by atoms with E-state index < -0.39 is 0 Å². The van der Waals surface area contributed by atoms with E-state index in [0.717, 1.165) is 48.6 Å². The third kappa shape index (κ3) is 3.35. The van der Waals surface area contributed by atoms with Gasteiger partial charge in [0, 0.05) is 36.9 Å². The molecule has 0 unspecified atom stereocenters. The van der Waals surface area contributed by atoms with Gasteiger partial charge in [0.15, 0.2) is 0 Å². The van der Waals surface area contributed by atoms with Crippen LogP contribution in [0.5, 0.6) is 0 Å². The van der Waals surface area contributed by atoms with Gasteiger partial charge < -0.3 is 4.90 Å². The summed E-state index contributed by atoms with van der Waals surface area (Å²) in [5, 5.41) is 10.0. The Morgan fingerprint density at radius 3 is 2.88 bits per heavy atom. The summed E-state index contributed by atoms with van der Waals surface area (Å²) in [7, 11) is 2.13. The Hall–Kier alpha value is -3.04. The predicted octanol–water partition coefficient (Wildman–Crippen LogP) is 2.61. The van der Waals surface area contributed by atoms with Crippen molar-refractivity contribution in [3.05, 3.63) is 60.2 Å². The Morgan fingerprint density at radius 2 is 2.08 bits per heavy atom. The van der Waals surface area contributed by atoms with Crippen LogP contribution in [-0.4, -0.2) is 46.0 Å². The van der Waals surface area contributed by atoms with Crippen LogP contribution in [0, 0.1) is 11.3 Å². The quantitative estimate of drug-likeness (QED) is 0.725. The van der Waals surface area contributed by atoms with Crippen molar-refractivity contribution in [1.29, 1.82) is 5.26 Å². The normalized spacial score (nSPS) is 17.0. The zero-order valence-electron chi connectivity index (χ0n) is 14.7. The summed E-state index contributed by atoms with van der Waals surface area (Å²) in [6.45, 7) is 2.68. The molecule has 1 fully saturated rings. The van der Waals surface area contributed by atoms with Crippen molar-refractivity contribution in [3.63, 3.8) is 0 Å². The number of hydrogen-bond donors (Lipinski definition) is 0. The fourth-order valence-electron chi connectivity index (χ4n) is 3.43. The Morgan fingerprint density at radius 1 is 1.23 bits per heavy atom. The lowest BCUT2D eigenvalue weighted by atomic mass is 10.1. The number of nitrogens with zero attached hydrogens (tertiary/aromatic N) is 6. The van der Waals surface area contributed by atoms with Crippen molar-refractivity contribution in [2.24, 2.45) is 0 Å². The molecule has 4 rings (SSSR count). The van der Waals surface area contributed by atoms with Gasteiger partial charge in [0.1, 0.15) is 11.6 Å². The minimum Gasteiger partial charge on any atom is -0.355 e. The molecule has 1 aliphatic heterocycles. The Bertz CT molecular complexity index is 949. The van der Waals surface area contributed by atoms with Crippen LogP contribution in [0.2, 0.25) is 0 Å². The van der Waals surface area contributed by atoms with Gasteiger partial charge in [-0.3, -0.25) is 4.90 Å². The lowest BCUT2D eigenvalue weighted by Crippen LogP contribution is -2.34. The number of anilines is 1. The van der Waals surface area contributed by atoms with Crippen LogP contribution in [0.15, 0.2) is 48.8 Å². The maximum absolute atomic E-state index is 9.02. The smallest absolute Gasteiger partial charge is 0.142 e. The number of aromatic nitrogens is 3. The van der Waals surface area contributed by atoms with E-state index >= 15 is 0 Å². The molecule has 3 heterocycles. The van der Waals surface area contributed by atoms with Crippen LogP contribution in [0.3, 0.4) is 0 Å². The van der Waals surface area contributed by atoms with Crippen molar-refractivity contribution >= 4 is 16.7 Å². The minimum absolute atomic E-state index is 0.456. The maximum Gasteiger partial charge on any atom is 0.142 e. The second kappa shape index (κ2) is 7.06. The van der Waals surface area contributed by atoms with Gasteiger partial charge in [0.25, 0.3) is 0 Å². The Labute approximate surface area is 152 Å². The zero-order valence-corrected chi connectivity index (χ0v) is 14.7. The van der Waals surface area contributed by atoms with Gasteiger partial charge in [-0.1, -0.05) is 0 Å². The molecular formula is C20H20N6. The lowest BCUT2D eigenvalue weighted by molar-refractivity contribution is 0.244. The van der Waals surface area contributed by atoms with Gasteiger partial charge in [-0.2, -0.15) is 5.26 Å². The standard InChI is InChI=1S/C20H20N6/c1-25(14-19-22-8-2-9-23-19)17-7-10-26(13-17)20-6-4-16-11-15(12-21)3-5-18(16)24-20/h2-6,8-9,11,17H,7,10,13-14H2,1H3/t17-/m0/s1. The summed E-state index contributed by atoms with van der Waals surface area (Å²) >= 11 is 0. The number of pyridine rings is 1. The summed E-state index contributed by atoms with van der Waals surface area (Å²) in [5.74, 6) is 1.85. The van der Waals surface area contributed by atoms with Crippen LogP contribution >= 0.6 is 0 Å². The number of rotatable bonds is 4. The molecule has 0 amide bonds. The van der Waals surface area contributed by atoms with Crippen molar-refractivity contribution in [2.45, 2.75) is 19.0 Å². The van der Waals surface area contributed by atoms with Crippen LogP contribution in [0.4, 0.5) is 5.82 Å². The first kappa shape index (κ1) is 16.4. The van der Waals surface area contributed by atoms with Crippen molar-refractivity contribution in [1.82, 2.24) is 19.9 Å². The molecule has 0 bridgehead atoms. The van der Waals surface area contributed by atoms with Crippen molar-refractivity contribution < 1.29 is 0 Å². The molecule has 0 saturated carbocycles. The fourth-order valence-corrected chi connectivity index (χ4v) is 3.43. The number of fused-ring (bicyclic) bond motifs is 1. The van der Waals surface area contributed by atoms with Gasteiger partial charge in [-0.25, -0.2) is 15.0 Å². The molecule has 6 heteroatoms. The fraction of sp³-hybridized carbons (Fsp3) is 0.300. The molecule has 0 aliphatic carbocycles. The molecule has 1 atom stereocenters. The third-order valence-corrected chi connectivity index (χ3v) is 4.92. The number of benzene rings is 1. The highest BCUT2D eigenvalue weighted by Gasteiger charge is 2.27. The topological polar surface area (TPSA) is 68.9 Å². The van der Waals surface area contributed by atoms with E-state index in [2.05, 4.69) is 32.9 Å². The molecule has 0 N–H and O–H groups in total. The maximum atomic E-state index is 9.02. The number of nitriles is 1. The van der Waals surface area contributed by atoms with Gasteiger partial charge in [-0.05, 0) is 49.9 Å². The molecule has 130 valence electrons. The summed E-state index contributed by atoms with van der Waals surface area (Å²) in [4.78, 5) is 18.1. The third-order valence-electron chi connectivity index (χ3n) is 4.92. The molecule has 26 heavy (non-hydrogen) atoms. The van der Waals surface area contributed by atoms with E-state index in [4.69, 9.17) is 10.2 Å². The van der Waals surface area contributed by atoms with Crippen molar-refractivity contribution in [2.75, 3.05) is 25.0 Å². The minimum atomic E-state index is 0.456. The average molecular weight is 344 g/mol. The molecule has 0 radical (unpaired) electrons. The molecule has 1 aliphatic rings. The van der Waals surface area contributed by atoms with E-state index in [1.807, 2.05) is 36.4 Å². The largest absolute Gasteiger partial charge is 0.355 e. The zero-order chi connectivity index (χ0) is 17.9. The molecular weight excluding hydrogens is 324 g/mol. The number of hydrogen-bond acceptors (Lipinski definition) is 6. The van der Waals surface area contributed by atoms with Crippen LogP contribution in [0.25, 0.3) is 10.9 Å². The first-order chi connectivity index (χ1) is 12.7. The van der Waals surface area contributed by atoms with Gasteiger partial charge in [0.2, 0.25) is 0 Å². The monoisotopic (exact) mass is 344 g/mol. The van der Waals surface area contributed by atoms with Gasteiger partial charge in [0.05, 0.1) is 23.7 Å². The van der Waals surface area contributed by atoms with Gasteiger partial charge in [-0.15, -0.1) is 0 Å². The van der Waals surface area contributed by atoms with Gasteiger partial charge >= 0.3 is 0 Å². The Balaban J connectivity index is 1.46. The highest BCUT2D eigenvalue weighted by Crippen LogP contribution is 2.24. The predicted molar refractivity (Wildman–Crippen MR) is 101 cm³/mol. The molecule has 1 aromatic carbocycles. The van der Waals surface area contributed by atoms with Crippen LogP contribution < -0.4 is 4.90 Å². The second-order valence-corrected chi connectivity index (χ2v) is 6.66. The van der Waals surface area contributed by atoms with E-state index in [0.29, 0.717) is 11.6 Å². The first-order valence-corrected chi connectivity index (χ1v) is 8.75. The van der Waals surface area contributed by atoms with E-state index in [-0.39, 0.29) is 0 Å². The van der Waals surface area contributed by atoms with Crippen molar-refractivity contribution in [3.8, 4) is 6.07 Å². The summed E-state index contributed by atoms with van der Waals surface area (Å²) < 4.78 is 0. The summed E-state index contributed by atoms with van der Waals surface area (Å²) in [6, 6.07) is 14.2. The van der Waals surface area contributed by atoms with E-state index in [9.17, 15) is 0 Å². The molecule has 2 aromatic heterocycles. The molecule has 3 aromatic rings. The SMILES string of the molecule is CN(Cc1ncccn1)[C@H]1CCN(c2ccc3cc(C#N)ccc3n2)C1. The summed E-state index contributed by atoms with van der Waals surface area (Å²) in [5.41, 5.74) is 1.59. The van der Waals surface area contributed by atoms with Crippen LogP contribution in [0.1, 0.15) is 17.8 Å². The molecule has 1 saturated heterocycles. The summed E-state index contributed by atoms with van der Waals surface area (Å²) in [6.07, 6.45) is 4.66. The first-order valence-electron chi connectivity index (χ1n) is 8.75.